The molecule has 1 aromatic heterocycles. The quantitative estimate of drug-likeness (QED) is 0.818. The zero-order valence-corrected chi connectivity index (χ0v) is 11.5. The van der Waals surface area contributed by atoms with Crippen LogP contribution in [0.1, 0.15) is 21.7 Å². The van der Waals surface area contributed by atoms with Crippen molar-refractivity contribution < 1.29 is 9.53 Å². The largest absolute Gasteiger partial charge is 0.495 e. The lowest BCUT2D eigenvalue weighted by molar-refractivity contribution is 0.102. The number of benzene rings is 1. The van der Waals surface area contributed by atoms with Gasteiger partial charge in [-0.3, -0.25) is 10.1 Å². The number of aromatic nitrogens is 3. The normalized spacial score (nSPS) is 10.2. The Morgan fingerprint density at radius 3 is 2.65 bits per heavy atom. The highest BCUT2D eigenvalue weighted by atomic mass is 16.5. The monoisotopic (exact) mass is 273 g/mol. The summed E-state index contributed by atoms with van der Waals surface area (Å²) in [5.74, 6) is 0.170. The van der Waals surface area contributed by atoms with Crippen molar-refractivity contribution in [3.05, 3.63) is 35.2 Å². The van der Waals surface area contributed by atoms with E-state index in [2.05, 4.69) is 20.5 Å². The highest BCUT2D eigenvalue weighted by Crippen LogP contribution is 2.25. The van der Waals surface area contributed by atoms with Crippen LogP contribution in [-0.4, -0.2) is 28.2 Å². The van der Waals surface area contributed by atoms with Crippen LogP contribution >= 0.6 is 0 Å². The molecule has 0 unspecified atom stereocenters. The topological polar surface area (TPSA) is 103 Å². The standard InChI is InChI=1S/C13H15N5O2/c1-7-8(2)17-18-13(15-7)16-12(19)9-5-4-6-10(20-3)11(9)14/h4-6H,14H2,1-3H3,(H,15,16,18,19). The minimum absolute atomic E-state index is 0.139. The molecule has 0 radical (unpaired) electrons. The van der Waals surface area contributed by atoms with Crippen LogP contribution in [0.2, 0.25) is 0 Å². The number of hydrogen-bond acceptors (Lipinski definition) is 6. The number of carbonyl (C=O) groups excluding carboxylic acids is 1. The zero-order chi connectivity index (χ0) is 14.7. The van der Waals surface area contributed by atoms with Gasteiger partial charge >= 0.3 is 0 Å². The second kappa shape index (κ2) is 5.52. The van der Waals surface area contributed by atoms with Gasteiger partial charge in [-0.25, -0.2) is 4.98 Å². The van der Waals surface area contributed by atoms with Crippen LogP contribution < -0.4 is 15.8 Å². The minimum Gasteiger partial charge on any atom is -0.495 e. The summed E-state index contributed by atoms with van der Waals surface area (Å²) in [6, 6.07) is 4.96. The fourth-order valence-corrected chi connectivity index (χ4v) is 1.60. The summed E-state index contributed by atoms with van der Waals surface area (Å²) >= 11 is 0. The summed E-state index contributed by atoms with van der Waals surface area (Å²) in [5.41, 5.74) is 7.84. The lowest BCUT2D eigenvalue weighted by Crippen LogP contribution is -2.17. The Balaban J connectivity index is 2.26. The van der Waals surface area contributed by atoms with E-state index in [9.17, 15) is 4.79 Å². The molecule has 0 aliphatic carbocycles. The van der Waals surface area contributed by atoms with E-state index in [-0.39, 0.29) is 11.6 Å². The zero-order valence-electron chi connectivity index (χ0n) is 11.5. The van der Waals surface area contributed by atoms with Crippen molar-refractivity contribution in [1.82, 2.24) is 15.2 Å². The van der Waals surface area contributed by atoms with Crippen LogP contribution in [-0.2, 0) is 0 Å². The molecule has 104 valence electrons. The summed E-state index contributed by atoms with van der Waals surface area (Å²) in [6.45, 7) is 3.58. The van der Waals surface area contributed by atoms with Crippen molar-refractivity contribution >= 4 is 17.5 Å². The summed E-state index contributed by atoms with van der Waals surface area (Å²) in [7, 11) is 1.49. The number of nitrogens with one attached hydrogen (secondary N) is 1. The number of hydrogen-bond donors (Lipinski definition) is 2. The first-order valence-corrected chi connectivity index (χ1v) is 5.94. The number of nitrogens with two attached hydrogens (primary N) is 1. The number of carbonyl (C=O) groups is 1. The van der Waals surface area contributed by atoms with Crippen molar-refractivity contribution in [3.63, 3.8) is 0 Å². The molecule has 1 aromatic carbocycles. The van der Waals surface area contributed by atoms with Crippen molar-refractivity contribution in [2.45, 2.75) is 13.8 Å². The van der Waals surface area contributed by atoms with E-state index in [1.165, 1.54) is 7.11 Å². The number of aryl methyl sites for hydroxylation is 2. The number of nitrogen functional groups attached to an aromatic ring is 1. The van der Waals surface area contributed by atoms with Crippen LogP contribution in [0.3, 0.4) is 0 Å². The molecule has 3 N–H and O–H groups in total. The number of methoxy groups -OCH3 is 1. The number of rotatable bonds is 3. The van der Waals surface area contributed by atoms with Crippen LogP contribution in [0.4, 0.5) is 11.6 Å². The van der Waals surface area contributed by atoms with Gasteiger partial charge in [-0.15, -0.1) is 5.10 Å². The maximum absolute atomic E-state index is 12.1. The lowest BCUT2D eigenvalue weighted by Gasteiger charge is -2.09. The van der Waals surface area contributed by atoms with Crippen LogP contribution in [0.15, 0.2) is 18.2 Å². The molecule has 20 heavy (non-hydrogen) atoms. The van der Waals surface area contributed by atoms with E-state index >= 15 is 0 Å². The molecule has 0 aliphatic heterocycles. The molecule has 2 rings (SSSR count). The Hall–Kier alpha value is -2.70. The fourth-order valence-electron chi connectivity index (χ4n) is 1.60. The summed E-state index contributed by atoms with van der Waals surface area (Å²) in [4.78, 5) is 16.3. The minimum atomic E-state index is -0.411. The fraction of sp³-hybridized carbons (Fsp3) is 0.231. The SMILES string of the molecule is COc1cccc(C(=O)Nc2nnc(C)c(C)n2)c1N. The number of anilines is 2. The van der Waals surface area contributed by atoms with E-state index < -0.39 is 5.91 Å². The molecule has 0 bridgehead atoms. The molecular formula is C13H15N5O2. The Morgan fingerprint density at radius 2 is 2.00 bits per heavy atom. The van der Waals surface area contributed by atoms with Crippen molar-refractivity contribution in [1.29, 1.82) is 0 Å². The molecule has 0 atom stereocenters. The van der Waals surface area contributed by atoms with Gasteiger partial charge in [0.25, 0.3) is 5.91 Å². The van der Waals surface area contributed by atoms with Gasteiger partial charge in [-0.2, -0.15) is 5.10 Å². The number of ether oxygens (including phenoxy) is 1. The van der Waals surface area contributed by atoms with Gasteiger partial charge in [0, 0.05) is 0 Å². The highest BCUT2D eigenvalue weighted by Gasteiger charge is 2.14. The van der Waals surface area contributed by atoms with E-state index in [1.54, 1.807) is 32.0 Å². The molecule has 0 fully saturated rings. The first kappa shape index (κ1) is 13.7. The molecule has 1 heterocycles. The average Bonchev–Trinajstić information content (AvgIpc) is 2.43. The molecule has 2 aromatic rings. The van der Waals surface area contributed by atoms with Gasteiger partial charge in [0.2, 0.25) is 5.95 Å². The smallest absolute Gasteiger partial charge is 0.260 e. The van der Waals surface area contributed by atoms with Crippen LogP contribution in [0, 0.1) is 13.8 Å². The van der Waals surface area contributed by atoms with Gasteiger partial charge in [0.05, 0.1) is 29.7 Å². The van der Waals surface area contributed by atoms with Crippen molar-refractivity contribution in [2.75, 3.05) is 18.2 Å². The predicted octanol–water partition coefficient (Wildman–Crippen LogP) is 1.33. The van der Waals surface area contributed by atoms with Crippen molar-refractivity contribution in [2.24, 2.45) is 0 Å². The highest BCUT2D eigenvalue weighted by molar-refractivity contribution is 6.07. The van der Waals surface area contributed by atoms with Gasteiger partial charge < -0.3 is 10.5 Å². The van der Waals surface area contributed by atoms with E-state index in [0.717, 1.165) is 0 Å². The third-order valence-corrected chi connectivity index (χ3v) is 2.85. The third kappa shape index (κ3) is 2.66. The Morgan fingerprint density at radius 1 is 1.25 bits per heavy atom. The Kier molecular flexibility index (Phi) is 3.79. The van der Waals surface area contributed by atoms with Crippen molar-refractivity contribution in [3.8, 4) is 5.75 Å². The lowest BCUT2D eigenvalue weighted by atomic mass is 10.1. The molecule has 0 aliphatic rings. The number of nitrogens with zero attached hydrogens (tertiary/aromatic N) is 3. The molecular weight excluding hydrogens is 258 g/mol. The summed E-state index contributed by atoms with van der Waals surface area (Å²) in [6.07, 6.45) is 0. The first-order valence-electron chi connectivity index (χ1n) is 5.94. The predicted molar refractivity (Wildman–Crippen MR) is 74.7 cm³/mol. The Bertz CT molecular complexity index is 657. The van der Waals surface area contributed by atoms with E-state index in [0.29, 0.717) is 22.7 Å². The molecule has 0 saturated carbocycles. The second-order valence-corrected chi connectivity index (χ2v) is 4.18. The van der Waals surface area contributed by atoms with Gasteiger partial charge in [0.15, 0.2) is 0 Å². The average molecular weight is 273 g/mol. The molecule has 1 amide bonds. The summed E-state index contributed by atoms with van der Waals surface area (Å²) in [5, 5.41) is 10.3. The van der Waals surface area contributed by atoms with E-state index in [1.807, 2.05) is 0 Å². The third-order valence-electron chi connectivity index (χ3n) is 2.85. The first-order chi connectivity index (χ1) is 9.52. The number of amides is 1. The van der Waals surface area contributed by atoms with Gasteiger partial charge in [0.1, 0.15) is 5.75 Å². The van der Waals surface area contributed by atoms with Gasteiger partial charge in [-0.05, 0) is 26.0 Å². The van der Waals surface area contributed by atoms with Gasteiger partial charge in [-0.1, -0.05) is 6.07 Å². The molecule has 7 nitrogen and oxygen atoms in total. The van der Waals surface area contributed by atoms with E-state index in [4.69, 9.17) is 10.5 Å². The summed E-state index contributed by atoms with van der Waals surface area (Å²) < 4.78 is 5.07. The molecule has 0 saturated heterocycles. The second-order valence-electron chi connectivity index (χ2n) is 4.18. The maximum Gasteiger partial charge on any atom is 0.260 e. The number of para-hydroxylation sites is 1. The van der Waals surface area contributed by atoms with Crippen LogP contribution in [0.25, 0.3) is 0 Å². The maximum atomic E-state index is 12.1. The molecule has 0 spiro atoms. The Labute approximate surface area is 116 Å². The van der Waals surface area contributed by atoms with Crippen LogP contribution in [0.5, 0.6) is 5.75 Å². The molecule has 7 heteroatoms.